The second kappa shape index (κ2) is 1.87. The molecule has 1 saturated carbocycles. The highest BCUT2D eigenvalue weighted by atomic mass is 16.3. The molecule has 1 heterocycles. The van der Waals surface area contributed by atoms with Crippen LogP contribution in [0.1, 0.15) is 25.2 Å². The molecular weight excluding hydrogens is 114 g/mol. The predicted octanol–water partition coefficient (Wildman–Crippen LogP) is 1.78. The van der Waals surface area contributed by atoms with Gasteiger partial charge in [-0.05, 0) is 12.8 Å². The van der Waals surface area contributed by atoms with E-state index in [1.165, 1.54) is 25.2 Å². The van der Waals surface area contributed by atoms with Gasteiger partial charge in [0.2, 0.25) is 5.89 Å². The summed E-state index contributed by atoms with van der Waals surface area (Å²) in [6.45, 7) is 0. The van der Waals surface area contributed by atoms with Crippen molar-refractivity contribution in [2.24, 2.45) is 0 Å². The highest BCUT2D eigenvalue weighted by molar-refractivity contribution is 5.16. The smallest absolute Gasteiger partial charge is 0.201 e. The molecule has 1 aromatic rings. The average Bonchev–Trinajstić information content (AvgIpc) is 2.11. The molecule has 2 heteroatoms. The van der Waals surface area contributed by atoms with Crippen LogP contribution in [-0.2, 0) is 0 Å². The molecule has 1 radical (unpaired) electrons. The lowest BCUT2D eigenvalue weighted by Crippen LogP contribution is -2.09. The third kappa shape index (κ3) is 0.745. The van der Waals surface area contributed by atoms with E-state index in [4.69, 9.17) is 4.42 Å². The first-order valence-corrected chi connectivity index (χ1v) is 3.21. The summed E-state index contributed by atoms with van der Waals surface area (Å²) in [6.07, 6.45) is 6.99. The van der Waals surface area contributed by atoms with Crippen molar-refractivity contribution < 1.29 is 4.42 Å². The minimum Gasteiger partial charge on any atom is -0.448 e. The number of hydrogen-bond donors (Lipinski definition) is 0. The summed E-state index contributed by atoms with van der Waals surface area (Å²) in [5.41, 5.74) is 0. The molecule has 0 unspecified atom stereocenters. The van der Waals surface area contributed by atoms with E-state index < -0.39 is 0 Å². The van der Waals surface area contributed by atoms with Crippen molar-refractivity contribution in [2.75, 3.05) is 0 Å². The van der Waals surface area contributed by atoms with Crippen LogP contribution in [0.4, 0.5) is 0 Å². The standard InChI is InChI=1S/C7H8NO/c1-2-6(3-1)7-8-4-5-9-7/h4-5H,1-3H2. The van der Waals surface area contributed by atoms with E-state index in [2.05, 4.69) is 4.98 Å². The van der Waals surface area contributed by atoms with Gasteiger partial charge in [-0.3, -0.25) is 0 Å². The lowest BCUT2D eigenvalue weighted by atomic mass is 9.85. The summed E-state index contributed by atoms with van der Waals surface area (Å²) in [5.74, 6) is 2.22. The first-order valence-electron chi connectivity index (χ1n) is 3.21. The van der Waals surface area contributed by atoms with Crippen LogP contribution in [0.3, 0.4) is 0 Å². The Bertz CT molecular complexity index is 177. The molecule has 0 aliphatic heterocycles. The van der Waals surface area contributed by atoms with Crippen molar-refractivity contribution in [1.82, 2.24) is 4.98 Å². The van der Waals surface area contributed by atoms with Crippen molar-refractivity contribution in [2.45, 2.75) is 19.3 Å². The third-order valence-electron chi connectivity index (χ3n) is 1.69. The summed E-state index contributed by atoms with van der Waals surface area (Å²) in [6, 6.07) is 0. The van der Waals surface area contributed by atoms with Crippen LogP contribution in [0.2, 0.25) is 0 Å². The largest absolute Gasteiger partial charge is 0.448 e. The van der Waals surface area contributed by atoms with Crippen molar-refractivity contribution in [3.8, 4) is 0 Å². The van der Waals surface area contributed by atoms with E-state index in [0.717, 1.165) is 5.89 Å². The molecule has 0 bridgehead atoms. The van der Waals surface area contributed by atoms with Crippen LogP contribution in [0, 0.1) is 5.92 Å². The van der Waals surface area contributed by atoms with Crippen LogP contribution in [0.5, 0.6) is 0 Å². The second-order valence-electron chi connectivity index (χ2n) is 2.29. The Kier molecular flexibility index (Phi) is 1.04. The Morgan fingerprint density at radius 3 is 2.78 bits per heavy atom. The zero-order valence-corrected chi connectivity index (χ0v) is 5.13. The fourth-order valence-corrected chi connectivity index (χ4v) is 0.965. The summed E-state index contributed by atoms with van der Waals surface area (Å²) in [7, 11) is 0. The fourth-order valence-electron chi connectivity index (χ4n) is 0.965. The molecule has 0 atom stereocenters. The number of nitrogens with zero attached hydrogens (tertiary/aromatic N) is 1. The van der Waals surface area contributed by atoms with Crippen LogP contribution in [0.25, 0.3) is 0 Å². The molecule has 0 saturated heterocycles. The van der Waals surface area contributed by atoms with E-state index in [1.54, 1.807) is 12.5 Å². The van der Waals surface area contributed by atoms with Crippen LogP contribution in [0.15, 0.2) is 16.9 Å². The van der Waals surface area contributed by atoms with Gasteiger partial charge in [0.05, 0.1) is 12.1 Å². The van der Waals surface area contributed by atoms with Gasteiger partial charge >= 0.3 is 0 Å². The lowest BCUT2D eigenvalue weighted by Gasteiger charge is -2.20. The number of hydrogen-bond acceptors (Lipinski definition) is 2. The number of oxazole rings is 1. The summed E-state index contributed by atoms with van der Waals surface area (Å²) in [4.78, 5) is 4.03. The Labute approximate surface area is 53.9 Å². The quantitative estimate of drug-likeness (QED) is 0.567. The molecular formula is C7H8NO. The van der Waals surface area contributed by atoms with Crippen LogP contribution < -0.4 is 0 Å². The Morgan fingerprint density at radius 1 is 1.44 bits per heavy atom. The zero-order valence-electron chi connectivity index (χ0n) is 5.13. The van der Waals surface area contributed by atoms with Gasteiger partial charge in [-0.15, -0.1) is 0 Å². The Hall–Kier alpha value is -0.790. The van der Waals surface area contributed by atoms with Crippen molar-refractivity contribution in [3.63, 3.8) is 0 Å². The highest BCUT2D eigenvalue weighted by Crippen LogP contribution is 2.33. The summed E-state index contributed by atoms with van der Waals surface area (Å²) in [5, 5.41) is 0. The SMILES string of the molecule is c1coc([C]2CCC2)n1. The van der Waals surface area contributed by atoms with Gasteiger partial charge in [0, 0.05) is 0 Å². The van der Waals surface area contributed by atoms with Gasteiger partial charge in [-0.1, -0.05) is 6.42 Å². The molecule has 0 spiro atoms. The molecule has 0 N–H and O–H groups in total. The van der Waals surface area contributed by atoms with Crippen molar-refractivity contribution in [3.05, 3.63) is 24.3 Å². The maximum atomic E-state index is 5.09. The number of aromatic nitrogens is 1. The minimum absolute atomic E-state index is 0.848. The zero-order chi connectivity index (χ0) is 6.10. The number of rotatable bonds is 1. The molecule has 2 rings (SSSR count). The molecule has 1 aromatic heterocycles. The van der Waals surface area contributed by atoms with Crippen molar-refractivity contribution in [1.29, 1.82) is 0 Å². The molecule has 1 fully saturated rings. The van der Waals surface area contributed by atoms with E-state index in [-0.39, 0.29) is 0 Å². The maximum absolute atomic E-state index is 5.09. The lowest BCUT2D eigenvalue weighted by molar-refractivity contribution is 0.445. The van der Waals surface area contributed by atoms with Gasteiger partial charge in [-0.2, -0.15) is 0 Å². The average molecular weight is 122 g/mol. The van der Waals surface area contributed by atoms with Gasteiger partial charge in [0.1, 0.15) is 6.26 Å². The molecule has 9 heavy (non-hydrogen) atoms. The maximum Gasteiger partial charge on any atom is 0.201 e. The minimum atomic E-state index is 0.848. The van der Waals surface area contributed by atoms with E-state index >= 15 is 0 Å². The summed E-state index contributed by atoms with van der Waals surface area (Å²) >= 11 is 0. The molecule has 2 nitrogen and oxygen atoms in total. The van der Waals surface area contributed by atoms with Crippen LogP contribution in [-0.4, -0.2) is 4.98 Å². The van der Waals surface area contributed by atoms with Gasteiger partial charge in [0.15, 0.2) is 0 Å². The highest BCUT2D eigenvalue weighted by Gasteiger charge is 2.23. The van der Waals surface area contributed by atoms with Gasteiger partial charge in [0.25, 0.3) is 0 Å². The second-order valence-corrected chi connectivity index (χ2v) is 2.29. The third-order valence-corrected chi connectivity index (χ3v) is 1.69. The van der Waals surface area contributed by atoms with E-state index in [1.807, 2.05) is 0 Å². The van der Waals surface area contributed by atoms with Gasteiger partial charge < -0.3 is 4.42 Å². The molecule has 0 aromatic carbocycles. The first-order chi connectivity index (χ1) is 4.47. The topological polar surface area (TPSA) is 26.0 Å². The normalized spacial score (nSPS) is 19.6. The molecule has 0 amide bonds. The Morgan fingerprint density at radius 2 is 2.33 bits per heavy atom. The molecule has 47 valence electrons. The van der Waals surface area contributed by atoms with E-state index in [9.17, 15) is 0 Å². The van der Waals surface area contributed by atoms with E-state index in [0.29, 0.717) is 0 Å². The predicted molar refractivity (Wildman–Crippen MR) is 32.7 cm³/mol. The molecule has 1 aliphatic carbocycles. The Balaban J connectivity index is 2.14. The monoisotopic (exact) mass is 122 g/mol. The van der Waals surface area contributed by atoms with Crippen molar-refractivity contribution >= 4 is 0 Å². The van der Waals surface area contributed by atoms with Gasteiger partial charge in [-0.25, -0.2) is 4.98 Å². The fraction of sp³-hybridized carbons (Fsp3) is 0.429. The van der Waals surface area contributed by atoms with Crippen LogP contribution >= 0.6 is 0 Å². The summed E-state index contributed by atoms with van der Waals surface area (Å²) < 4.78 is 5.09. The molecule has 1 aliphatic rings. The first kappa shape index (κ1) is 5.03.